The Morgan fingerprint density at radius 3 is 2.19 bits per heavy atom. The highest BCUT2D eigenvalue weighted by Crippen LogP contribution is 2.27. The van der Waals surface area contributed by atoms with Gasteiger partial charge in [-0.25, -0.2) is 0 Å². The van der Waals surface area contributed by atoms with E-state index in [-0.39, 0.29) is 12.2 Å². The molecule has 0 saturated heterocycles. The monoisotopic (exact) mass is 302 g/mol. The second-order valence-corrected chi connectivity index (χ2v) is 4.98. The van der Waals surface area contributed by atoms with Crippen molar-refractivity contribution in [1.29, 1.82) is 0 Å². The Kier molecular flexibility index (Phi) is 9.65. The minimum Gasteiger partial charge on any atom is -0.481 e. The molecule has 0 rings (SSSR count). The van der Waals surface area contributed by atoms with Crippen molar-refractivity contribution >= 4 is 11.9 Å². The molecule has 0 heterocycles. The second-order valence-electron chi connectivity index (χ2n) is 4.98. The third-order valence-electron chi connectivity index (χ3n) is 3.40. The van der Waals surface area contributed by atoms with Crippen LogP contribution in [0.1, 0.15) is 33.6 Å². The SMILES string of the molecule is C=CC(C(C)CCCOC(C)OCC)C(C(=O)O)C(=O)O. The molecular formula is C15H26O6. The van der Waals surface area contributed by atoms with Gasteiger partial charge in [0, 0.05) is 19.1 Å². The van der Waals surface area contributed by atoms with Gasteiger partial charge in [0.2, 0.25) is 0 Å². The Bertz CT molecular complexity index is 327. The first-order valence-electron chi connectivity index (χ1n) is 7.16. The fraction of sp³-hybridized carbons (Fsp3) is 0.733. The van der Waals surface area contributed by atoms with Crippen LogP contribution in [-0.4, -0.2) is 41.7 Å². The summed E-state index contributed by atoms with van der Waals surface area (Å²) in [5, 5.41) is 18.1. The molecule has 0 aliphatic heterocycles. The summed E-state index contributed by atoms with van der Waals surface area (Å²) in [6.07, 6.45) is 2.51. The molecule has 122 valence electrons. The van der Waals surface area contributed by atoms with Crippen LogP contribution in [-0.2, 0) is 19.1 Å². The number of ether oxygens (including phenoxy) is 2. The molecule has 0 aromatic rings. The van der Waals surface area contributed by atoms with Gasteiger partial charge in [0.15, 0.2) is 12.2 Å². The fourth-order valence-electron chi connectivity index (χ4n) is 2.26. The van der Waals surface area contributed by atoms with E-state index in [4.69, 9.17) is 19.7 Å². The van der Waals surface area contributed by atoms with Crippen molar-refractivity contribution in [2.75, 3.05) is 13.2 Å². The third kappa shape index (κ3) is 7.24. The molecule has 0 aromatic heterocycles. The van der Waals surface area contributed by atoms with Gasteiger partial charge in [0.1, 0.15) is 0 Å². The Morgan fingerprint density at radius 2 is 1.76 bits per heavy atom. The topological polar surface area (TPSA) is 93.1 Å². The summed E-state index contributed by atoms with van der Waals surface area (Å²) in [6.45, 7) is 10.2. The van der Waals surface area contributed by atoms with Gasteiger partial charge in [-0.15, -0.1) is 6.58 Å². The zero-order chi connectivity index (χ0) is 16.4. The van der Waals surface area contributed by atoms with Gasteiger partial charge >= 0.3 is 11.9 Å². The summed E-state index contributed by atoms with van der Waals surface area (Å²) < 4.78 is 10.6. The lowest BCUT2D eigenvalue weighted by Crippen LogP contribution is -2.33. The van der Waals surface area contributed by atoms with E-state index in [0.29, 0.717) is 26.1 Å². The lowest BCUT2D eigenvalue weighted by Gasteiger charge is -2.24. The van der Waals surface area contributed by atoms with E-state index in [1.807, 2.05) is 20.8 Å². The van der Waals surface area contributed by atoms with Crippen LogP contribution in [0.4, 0.5) is 0 Å². The lowest BCUT2D eigenvalue weighted by atomic mass is 9.80. The summed E-state index contributed by atoms with van der Waals surface area (Å²) in [6, 6.07) is 0. The third-order valence-corrected chi connectivity index (χ3v) is 3.40. The van der Waals surface area contributed by atoms with Gasteiger partial charge in [-0.3, -0.25) is 9.59 Å². The summed E-state index contributed by atoms with van der Waals surface area (Å²) in [5.74, 6) is -4.84. The molecule has 0 fully saturated rings. The Hall–Kier alpha value is -1.40. The van der Waals surface area contributed by atoms with E-state index in [9.17, 15) is 9.59 Å². The molecule has 6 nitrogen and oxygen atoms in total. The first-order chi connectivity index (χ1) is 9.84. The van der Waals surface area contributed by atoms with Gasteiger partial charge in [-0.2, -0.15) is 0 Å². The molecule has 0 aliphatic carbocycles. The first-order valence-corrected chi connectivity index (χ1v) is 7.16. The number of allylic oxidation sites excluding steroid dienone is 1. The molecule has 0 spiro atoms. The van der Waals surface area contributed by atoms with Crippen LogP contribution >= 0.6 is 0 Å². The van der Waals surface area contributed by atoms with Crippen LogP contribution < -0.4 is 0 Å². The van der Waals surface area contributed by atoms with Crippen molar-refractivity contribution in [2.45, 2.75) is 39.9 Å². The van der Waals surface area contributed by atoms with Crippen molar-refractivity contribution in [3.05, 3.63) is 12.7 Å². The summed E-state index contributed by atoms with van der Waals surface area (Å²) in [4.78, 5) is 22.1. The lowest BCUT2D eigenvalue weighted by molar-refractivity contribution is -0.157. The number of hydrogen-bond donors (Lipinski definition) is 2. The van der Waals surface area contributed by atoms with E-state index < -0.39 is 23.8 Å². The van der Waals surface area contributed by atoms with E-state index in [1.165, 1.54) is 6.08 Å². The maximum atomic E-state index is 11.1. The second kappa shape index (κ2) is 10.3. The quantitative estimate of drug-likeness (QED) is 0.249. The highest BCUT2D eigenvalue weighted by molar-refractivity contribution is 5.93. The van der Waals surface area contributed by atoms with E-state index in [1.54, 1.807) is 0 Å². The number of hydrogen-bond acceptors (Lipinski definition) is 4. The van der Waals surface area contributed by atoms with Crippen LogP contribution in [0.2, 0.25) is 0 Å². The molecule has 0 aliphatic rings. The Labute approximate surface area is 125 Å². The smallest absolute Gasteiger partial charge is 0.318 e. The van der Waals surface area contributed by atoms with Crippen LogP contribution in [0.5, 0.6) is 0 Å². The van der Waals surface area contributed by atoms with E-state index in [2.05, 4.69) is 6.58 Å². The molecule has 21 heavy (non-hydrogen) atoms. The highest BCUT2D eigenvalue weighted by Gasteiger charge is 2.35. The van der Waals surface area contributed by atoms with Crippen molar-refractivity contribution < 1.29 is 29.3 Å². The van der Waals surface area contributed by atoms with Gasteiger partial charge in [0.05, 0.1) is 0 Å². The zero-order valence-corrected chi connectivity index (χ0v) is 12.9. The van der Waals surface area contributed by atoms with Crippen LogP contribution in [0, 0.1) is 17.8 Å². The minimum absolute atomic E-state index is 0.106. The van der Waals surface area contributed by atoms with Gasteiger partial charge < -0.3 is 19.7 Å². The van der Waals surface area contributed by atoms with Gasteiger partial charge in [-0.1, -0.05) is 13.0 Å². The van der Waals surface area contributed by atoms with Crippen molar-refractivity contribution in [1.82, 2.24) is 0 Å². The minimum atomic E-state index is -1.46. The van der Waals surface area contributed by atoms with Crippen LogP contribution in [0.3, 0.4) is 0 Å². The average molecular weight is 302 g/mol. The van der Waals surface area contributed by atoms with Crippen LogP contribution in [0.15, 0.2) is 12.7 Å². The number of aliphatic carboxylic acids is 2. The van der Waals surface area contributed by atoms with Crippen LogP contribution in [0.25, 0.3) is 0 Å². The Morgan fingerprint density at radius 1 is 1.19 bits per heavy atom. The standard InChI is InChI=1S/C15H26O6/c1-5-12(13(14(16)17)15(18)19)10(3)8-7-9-21-11(4)20-6-2/h5,10-13H,1,6-9H2,2-4H3,(H,16,17)(H,18,19). The number of carbonyl (C=O) groups is 2. The van der Waals surface area contributed by atoms with Crippen molar-refractivity contribution in [3.63, 3.8) is 0 Å². The predicted octanol–water partition coefficient (Wildman–Crippen LogP) is 2.39. The number of carboxylic acids is 2. The highest BCUT2D eigenvalue weighted by atomic mass is 16.7. The van der Waals surface area contributed by atoms with E-state index in [0.717, 1.165) is 0 Å². The summed E-state index contributed by atoms with van der Waals surface area (Å²) in [7, 11) is 0. The molecule has 0 aromatic carbocycles. The van der Waals surface area contributed by atoms with Crippen molar-refractivity contribution in [2.24, 2.45) is 17.8 Å². The zero-order valence-electron chi connectivity index (χ0n) is 12.9. The molecule has 0 amide bonds. The maximum absolute atomic E-state index is 11.1. The fourth-order valence-corrected chi connectivity index (χ4v) is 2.26. The predicted molar refractivity (Wildman–Crippen MR) is 77.9 cm³/mol. The van der Waals surface area contributed by atoms with Gasteiger partial charge in [-0.05, 0) is 32.6 Å². The average Bonchev–Trinajstić information content (AvgIpc) is 2.39. The van der Waals surface area contributed by atoms with Gasteiger partial charge in [0.25, 0.3) is 0 Å². The number of rotatable bonds is 12. The molecule has 3 atom stereocenters. The number of carboxylic acid groups (broad SMARTS) is 2. The normalized spacial score (nSPS) is 15.4. The largest absolute Gasteiger partial charge is 0.481 e. The molecule has 2 N–H and O–H groups in total. The molecule has 6 heteroatoms. The molecule has 3 unspecified atom stereocenters. The van der Waals surface area contributed by atoms with E-state index >= 15 is 0 Å². The maximum Gasteiger partial charge on any atom is 0.318 e. The Balaban J connectivity index is 4.33. The summed E-state index contributed by atoms with van der Waals surface area (Å²) in [5.41, 5.74) is 0. The molecular weight excluding hydrogens is 276 g/mol. The molecule has 0 saturated carbocycles. The summed E-state index contributed by atoms with van der Waals surface area (Å²) >= 11 is 0. The molecule has 0 radical (unpaired) electrons. The first kappa shape index (κ1) is 19.6. The molecule has 0 bridgehead atoms. The van der Waals surface area contributed by atoms with Crippen molar-refractivity contribution in [3.8, 4) is 0 Å².